The molecule has 0 bridgehead atoms. The molecule has 0 aliphatic carbocycles. The molecule has 2 rings (SSSR count). The minimum Gasteiger partial charge on any atom is -0.348 e. The molecule has 54 valence electrons. The van der Waals surface area contributed by atoms with Crippen molar-refractivity contribution in [2.45, 2.75) is 5.50 Å². The van der Waals surface area contributed by atoms with Crippen molar-refractivity contribution in [2.75, 3.05) is 12.3 Å². The van der Waals surface area contributed by atoms with Crippen LogP contribution in [-0.2, 0) is 4.79 Å². The van der Waals surface area contributed by atoms with Gasteiger partial charge in [-0.15, -0.1) is 11.8 Å². The smallest absolute Gasteiger partial charge is 0.247 e. The number of nitrogens with zero attached hydrogens (tertiary/aromatic N) is 1. The van der Waals surface area contributed by atoms with Crippen molar-refractivity contribution in [2.24, 2.45) is 0 Å². The molecule has 2 heterocycles. The number of hydrogen-bond donors (Lipinski definition) is 1. The molecule has 0 spiro atoms. The number of carbonyl (C=O) groups is 1. The van der Waals surface area contributed by atoms with Gasteiger partial charge in [0.15, 0.2) is 0 Å². The van der Waals surface area contributed by atoms with Crippen LogP contribution < -0.4 is 5.32 Å². The zero-order chi connectivity index (χ0) is 6.97. The van der Waals surface area contributed by atoms with E-state index in [1.165, 1.54) is 0 Å². The standard InChI is InChI=1S/C6H8N2OS/c9-5-1-2-8-3-4-10-6(8)7-5/h1-2,6H,3-4H2,(H,7,9). The van der Waals surface area contributed by atoms with Gasteiger partial charge in [-0.2, -0.15) is 0 Å². The van der Waals surface area contributed by atoms with Crippen molar-refractivity contribution in [3.8, 4) is 0 Å². The van der Waals surface area contributed by atoms with E-state index in [1.54, 1.807) is 17.8 Å². The summed E-state index contributed by atoms with van der Waals surface area (Å²) in [6.07, 6.45) is 3.44. The monoisotopic (exact) mass is 156 g/mol. The van der Waals surface area contributed by atoms with Gasteiger partial charge in [0.2, 0.25) is 5.91 Å². The Bertz CT molecular complexity index is 192. The zero-order valence-electron chi connectivity index (χ0n) is 5.41. The van der Waals surface area contributed by atoms with Gasteiger partial charge in [-0.25, -0.2) is 0 Å². The fourth-order valence-corrected chi connectivity index (χ4v) is 2.20. The highest BCUT2D eigenvalue weighted by Crippen LogP contribution is 2.23. The lowest BCUT2D eigenvalue weighted by Crippen LogP contribution is -2.42. The molecule has 1 unspecified atom stereocenters. The highest BCUT2D eigenvalue weighted by atomic mass is 32.2. The van der Waals surface area contributed by atoms with E-state index in [-0.39, 0.29) is 11.4 Å². The van der Waals surface area contributed by atoms with Gasteiger partial charge in [0, 0.05) is 24.6 Å². The third-order valence-electron chi connectivity index (χ3n) is 1.61. The van der Waals surface area contributed by atoms with E-state index in [0.29, 0.717) is 0 Å². The first kappa shape index (κ1) is 6.09. The van der Waals surface area contributed by atoms with Crippen LogP contribution in [0.15, 0.2) is 12.3 Å². The average Bonchev–Trinajstić information content (AvgIpc) is 2.33. The van der Waals surface area contributed by atoms with Crippen LogP contribution in [0.25, 0.3) is 0 Å². The summed E-state index contributed by atoms with van der Waals surface area (Å²) in [5.74, 6) is 1.13. The maximum Gasteiger partial charge on any atom is 0.247 e. The fourth-order valence-electron chi connectivity index (χ4n) is 1.09. The number of fused-ring (bicyclic) bond motifs is 1. The normalized spacial score (nSPS) is 30.2. The Kier molecular flexibility index (Phi) is 1.34. The number of hydrogen-bond acceptors (Lipinski definition) is 3. The average molecular weight is 156 g/mol. The summed E-state index contributed by atoms with van der Waals surface area (Å²) < 4.78 is 0. The van der Waals surface area contributed by atoms with Gasteiger partial charge in [0.1, 0.15) is 5.50 Å². The quantitative estimate of drug-likeness (QED) is 0.534. The van der Waals surface area contributed by atoms with Gasteiger partial charge in [-0.05, 0) is 0 Å². The first-order valence-electron chi connectivity index (χ1n) is 3.22. The van der Waals surface area contributed by atoms with E-state index in [1.807, 2.05) is 6.20 Å². The molecule has 2 aliphatic heterocycles. The van der Waals surface area contributed by atoms with E-state index in [9.17, 15) is 4.79 Å². The molecule has 0 saturated carbocycles. The van der Waals surface area contributed by atoms with Gasteiger partial charge >= 0.3 is 0 Å². The van der Waals surface area contributed by atoms with Crippen LogP contribution in [0.2, 0.25) is 0 Å². The summed E-state index contributed by atoms with van der Waals surface area (Å²) in [4.78, 5) is 12.9. The van der Waals surface area contributed by atoms with Gasteiger partial charge in [-0.3, -0.25) is 4.79 Å². The minimum absolute atomic E-state index is 0.0238. The molecule has 0 radical (unpaired) electrons. The van der Waals surface area contributed by atoms with E-state index in [4.69, 9.17) is 0 Å². The molecule has 2 aliphatic rings. The number of nitrogens with one attached hydrogen (secondary N) is 1. The number of amides is 1. The molecule has 4 heteroatoms. The molecule has 0 aromatic carbocycles. The highest BCUT2D eigenvalue weighted by molar-refractivity contribution is 8.00. The van der Waals surface area contributed by atoms with Crippen molar-refractivity contribution in [1.82, 2.24) is 10.2 Å². The van der Waals surface area contributed by atoms with E-state index < -0.39 is 0 Å². The zero-order valence-corrected chi connectivity index (χ0v) is 6.23. The topological polar surface area (TPSA) is 32.3 Å². The molecular formula is C6H8N2OS. The number of rotatable bonds is 0. The van der Waals surface area contributed by atoms with Crippen LogP contribution in [0.3, 0.4) is 0 Å². The summed E-state index contributed by atoms with van der Waals surface area (Å²) in [6.45, 7) is 1.05. The fraction of sp³-hybridized carbons (Fsp3) is 0.500. The SMILES string of the molecule is O=C1C=CN2CCSC2N1. The number of thioether (sulfide) groups is 1. The first-order valence-corrected chi connectivity index (χ1v) is 4.27. The molecule has 1 atom stereocenters. The maximum atomic E-state index is 10.8. The van der Waals surface area contributed by atoms with E-state index in [2.05, 4.69) is 10.2 Å². The van der Waals surface area contributed by atoms with Crippen LogP contribution in [0.4, 0.5) is 0 Å². The summed E-state index contributed by atoms with van der Waals surface area (Å²) in [7, 11) is 0. The van der Waals surface area contributed by atoms with Crippen molar-refractivity contribution >= 4 is 17.7 Å². The lowest BCUT2D eigenvalue weighted by atomic mass is 10.4. The molecule has 1 saturated heterocycles. The Morgan fingerprint density at radius 3 is 3.60 bits per heavy atom. The molecule has 0 aromatic heterocycles. The largest absolute Gasteiger partial charge is 0.348 e. The van der Waals surface area contributed by atoms with Crippen LogP contribution >= 0.6 is 11.8 Å². The third kappa shape index (κ3) is 0.883. The Hall–Kier alpha value is -0.640. The van der Waals surface area contributed by atoms with Gasteiger partial charge in [0.05, 0.1) is 0 Å². The van der Waals surface area contributed by atoms with Crippen molar-refractivity contribution in [1.29, 1.82) is 0 Å². The van der Waals surface area contributed by atoms with Crippen LogP contribution in [0.5, 0.6) is 0 Å². The Balaban J connectivity index is 2.16. The van der Waals surface area contributed by atoms with Crippen molar-refractivity contribution in [3.05, 3.63) is 12.3 Å². The molecule has 1 fully saturated rings. The van der Waals surface area contributed by atoms with Crippen LogP contribution in [0.1, 0.15) is 0 Å². The predicted octanol–water partition coefficient (Wildman–Crippen LogP) is -0.0377. The van der Waals surface area contributed by atoms with Crippen LogP contribution in [-0.4, -0.2) is 28.6 Å². The molecular weight excluding hydrogens is 148 g/mol. The molecule has 1 N–H and O–H groups in total. The van der Waals surface area contributed by atoms with Crippen molar-refractivity contribution in [3.63, 3.8) is 0 Å². The number of carbonyl (C=O) groups excluding carboxylic acids is 1. The van der Waals surface area contributed by atoms with E-state index >= 15 is 0 Å². The molecule has 1 amide bonds. The second kappa shape index (κ2) is 2.20. The Morgan fingerprint density at radius 1 is 1.80 bits per heavy atom. The third-order valence-corrected chi connectivity index (χ3v) is 2.73. The first-order chi connectivity index (χ1) is 4.86. The predicted molar refractivity (Wildman–Crippen MR) is 40.2 cm³/mol. The van der Waals surface area contributed by atoms with Gasteiger partial charge in [-0.1, -0.05) is 0 Å². The molecule has 0 aromatic rings. The second-order valence-corrected chi connectivity index (χ2v) is 3.47. The molecule has 3 nitrogen and oxygen atoms in total. The maximum absolute atomic E-state index is 10.8. The highest BCUT2D eigenvalue weighted by Gasteiger charge is 2.25. The summed E-state index contributed by atoms with van der Waals surface area (Å²) in [6, 6.07) is 0. The Morgan fingerprint density at radius 2 is 2.70 bits per heavy atom. The van der Waals surface area contributed by atoms with E-state index in [0.717, 1.165) is 12.3 Å². The summed E-state index contributed by atoms with van der Waals surface area (Å²) in [5.41, 5.74) is 0.206. The lowest BCUT2D eigenvalue weighted by molar-refractivity contribution is -0.117. The van der Waals surface area contributed by atoms with Gasteiger partial charge < -0.3 is 10.2 Å². The molecule has 10 heavy (non-hydrogen) atoms. The van der Waals surface area contributed by atoms with Crippen LogP contribution in [0, 0.1) is 0 Å². The minimum atomic E-state index is 0.0238. The lowest BCUT2D eigenvalue weighted by Gasteiger charge is -2.25. The Labute approximate surface area is 63.5 Å². The second-order valence-electron chi connectivity index (χ2n) is 2.29. The van der Waals surface area contributed by atoms with Crippen molar-refractivity contribution < 1.29 is 4.79 Å². The van der Waals surface area contributed by atoms with Gasteiger partial charge in [0.25, 0.3) is 0 Å². The summed E-state index contributed by atoms with van der Waals surface area (Å²) in [5, 5.41) is 2.84. The summed E-state index contributed by atoms with van der Waals surface area (Å²) >= 11 is 1.77.